The zero-order valence-electron chi connectivity index (χ0n) is 10.4. The van der Waals surface area contributed by atoms with Crippen LogP contribution in [0.1, 0.15) is 11.1 Å². The number of fused-ring (bicyclic) bond motifs is 1. The van der Waals surface area contributed by atoms with E-state index in [2.05, 4.69) is 18.7 Å². The molecule has 0 spiro atoms. The Balaban J connectivity index is 2.46. The van der Waals surface area contributed by atoms with Gasteiger partial charge in [0.2, 0.25) is 0 Å². The first-order valence-electron chi connectivity index (χ1n) is 5.92. The molecular formula is C17H12N2. The minimum Gasteiger partial charge on any atom is -0.192 e. The van der Waals surface area contributed by atoms with Gasteiger partial charge in [-0.05, 0) is 40.5 Å². The molecule has 2 nitrogen and oxygen atoms in total. The Morgan fingerprint density at radius 2 is 1.74 bits per heavy atom. The molecule has 0 aliphatic heterocycles. The third-order valence-electron chi connectivity index (χ3n) is 2.86. The summed E-state index contributed by atoms with van der Waals surface area (Å²) < 4.78 is 0. The van der Waals surface area contributed by atoms with Crippen molar-refractivity contribution in [3.05, 3.63) is 65.8 Å². The highest BCUT2D eigenvalue weighted by atomic mass is 14.3. The maximum Gasteiger partial charge on any atom is 0.130 e. The molecule has 0 amide bonds. The molecule has 90 valence electrons. The summed E-state index contributed by atoms with van der Waals surface area (Å²) in [4.78, 5) is 0. The van der Waals surface area contributed by atoms with E-state index in [1.165, 1.54) is 5.56 Å². The van der Waals surface area contributed by atoms with Gasteiger partial charge in [0.05, 0.1) is 0 Å². The van der Waals surface area contributed by atoms with E-state index in [1.807, 2.05) is 42.5 Å². The predicted octanol–water partition coefficient (Wildman–Crippen LogP) is 4.00. The summed E-state index contributed by atoms with van der Waals surface area (Å²) in [6, 6.07) is 15.8. The summed E-state index contributed by atoms with van der Waals surface area (Å²) in [5, 5.41) is 19.7. The highest BCUT2D eigenvalue weighted by molar-refractivity contribution is 5.86. The molecule has 0 bridgehead atoms. The van der Waals surface area contributed by atoms with Crippen molar-refractivity contribution in [2.75, 3.05) is 0 Å². The van der Waals surface area contributed by atoms with Gasteiger partial charge < -0.3 is 0 Å². The number of nitriles is 2. The lowest BCUT2D eigenvalue weighted by Gasteiger charge is -2.03. The van der Waals surface area contributed by atoms with Crippen LogP contribution in [0.4, 0.5) is 0 Å². The molecule has 0 unspecified atom stereocenters. The van der Waals surface area contributed by atoms with Crippen LogP contribution in [0, 0.1) is 22.7 Å². The van der Waals surface area contributed by atoms with E-state index in [0.717, 1.165) is 22.8 Å². The van der Waals surface area contributed by atoms with Gasteiger partial charge in [0, 0.05) is 0 Å². The molecule has 0 atom stereocenters. The smallest absolute Gasteiger partial charge is 0.130 e. The third kappa shape index (κ3) is 2.89. The Bertz CT molecular complexity index is 724. The third-order valence-corrected chi connectivity index (χ3v) is 2.86. The summed E-state index contributed by atoms with van der Waals surface area (Å²) in [5.74, 6) is 0. The first-order valence-corrected chi connectivity index (χ1v) is 5.92. The molecule has 0 aliphatic rings. The molecule has 0 radical (unpaired) electrons. The summed E-state index contributed by atoms with van der Waals surface area (Å²) >= 11 is 0. The zero-order chi connectivity index (χ0) is 13.7. The molecule has 0 fully saturated rings. The van der Waals surface area contributed by atoms with E-state index >= 15 is 0 Å². The largest absolute Gasteiger partial charge is 0.192 e. The monoisotopic (exact) mass is 244 g/mol. The lowest BCUT2D eigenvalue weighted by molar-refractivity contribution is 1.29. The normalized spacial score (nSPS) is 9.37. The van der Waals surface area contributed by atoms with Gasteiger partial charge in [-0.3, -0.25) is 0 Å². The van der Waals surface area contributed by atoms with Crippen molar-refractivity contribution >= 4 is 16.8 Å². The molecule has 0 saturated heterocycles. The van der Waals surface area contributed by atoms with Crippen LogP contribution < -0.4 is 0 Å². The SMILES string of the molecule is C=CCc1ccc2cc(C=C(C#N)C#N)ccc2c1. The molecule has 0 saturated carbocycles. The summed E-state index contributed by atoms with van der Waals surface area (Å²) in [7, 11) is 0. The van der Waals surface area contributed by atoms with Crippen LogP contribution >= 0.6 is 0 Å². The van der Waals surface area contributed by atoms with Crippen molar-refractivity contribution in [1.29, 1.82) is 10.5 Å². The lowest BCUT2D eigenvalue weighted by atomic mass is 10.0. The second-order valence-electron chi connectivity index (χ2n) is 4.22. The Morgan fingerprint density at radius 3 is 2.42 bits per heavy atom. The first-order chi connectivity index (χ1) is 9.26. The lowest BCUT2D eigenvalue weighted by Crippen LogP contribution is -1.83. The second-order valence-corrected chi connectivity index (χ2v) is 4.22. The number of hydrogen-bond donors (Lipinski definition) is 0. The fourth-order valence-electron chi connectivity index (χ4n) is 1.95. The molecule has 0 aromatic heterocycles. The topological polar surface area (TPSA) is 47.6 Å². The molecule has 2 heteroatoms. The van der Waals surface area contributed by atoms with Crippen LogP contribution in [0.5, 0.6) is 0 Å². The van der Waals surface area contributed by atoms with E-state index in [4.69, 9.17) is 10.5 Å². The average Bonchev–Trinajstić information content (AvgIpc) is 2.45. The molecular weight excluding hydrogens is 232 g/mol. The van der Waals surface area contributed by atoms with Crippen molar-refractivity contribution in [2.45, 2.75) is 6.42 Å². The second kappa shape index (κ2) is 5.67. The van der Waals surface area contributed by atoms with Crippen LogP contribution in [-0.2, 0) is 6.42 Å². The molecule has 0 aliphatic carbocycles. The number of nitrogens with zero attached hydrogens (tertiary/aromatic N) is 2. The van der Waals surface area contributed by atoms with Crippen LogP contribution in [0.15, 0.2) is 54.6 Å². The van der Waals surface area contributed by atoms with Crippen LogP contribution in [0.25, 0.3) is 16.8 Å². The number of hydrogen-bond acceptors (Lipinski definition) is 2. The van der Waals surface area contributed by atoms with E-state index in [9.17, 15) is 0 Å². The Labute approximate surface area is 112 Å². The molecule has 19 heavy (non-hydrogen) atoms. The fourth-order valence-corrected chi connectivity index (χ4v) is 1.95. The molecule has 2 aromatic carbocycles. The van der Waals surface area contributed by atoms with Gasteiger partial charge in [-0.1, -0.05) is 36.4 Å². The number of rotatable bonds is 3. The Hall–Kier alpha value is -2.84. The Kier molecular flexibility index (Phi) is 3.76. The highest BCUT2D eigenvalue weighted by Crippen LogP contribution is 2.19. The summed E-state index contributed by atoms with van der Waals surface area (Å²) in [6.45, 7) is 3.73. The first kappa shape index (κ1) is 12.6. The number of allylic oxidation sites excluding steroid dienone is 2. The van der Waals surface area contributed by atoms with Crippen molar-refractivity contribution in [3.8, 4) is 12.1 Å². The van der Waals surface area contributed by atoms with Gasteiger partial charge in [0.15, 0.2) is 0 Å². The highest BCUT2D eigenvalue weighted by Gasteiger charge is 1.98. The van der Waals surface area contributed by atoms with Crippen LogP contribution in [-0.4, -0.2) is 0 Å². The van der Waals surface area contributed by atoms with E-state index in [1.54, 1.807) is 6.08 Å². The average molecular weight is 244 g/mol. The standard InChI is InChI=1S/C17H12N2/c1-2-3-13-4-6-17-10-14(5-7-16(17)9-13)8-15(11-18)12-19/h2,4-10H,1,3H2. The maximum atomic E-state index is 8.75. The minimum absolute atomic E-state index is 0.114. The van der Waals surface area contributed by atoms with Crippen LogP contribution in [0.3, 0.4) is 0 Å². The van der Waals surface area contributed by atoms with Crippen molar-refractivity contribution < 1.29 is 0 Å². The van der Waals surface area contributed by atoms with Gasteiger partial charge in [-0.25, -0.2) is 0 Å². The summed E-state index contributed by atoms with van der Waals surface area (Å²) in [6.07, 6.45) is 4.33. The van der Waals surface area contributed by atoms with Gasteiger partial charge in [0.1, 0.15) is 17.7 Å². The van der Waals surface area contributed by atoms with Crippen LogP contribution in [0.2, 0.25) is 0 Å². The zero-order valence-corrected chi connectivity index (χ0v) is 10.4. The van der Waals surface area contributed by atoms with Gasteiger partial charge in [-0.15, -0.1) is 6.58 Å². The van der Waals surface area contributed by atoms with Gasteiger partial charge in [-0.2, -0.15) is 10.5 Å². The Morgan fingerprint density at radius 1 is 1.05 bits per heavy atom. The minimum atomic E-state index is 0.114. The van der Waals surface area contributed by atoms with E-state index < -0.39 is 0 Å². The number of benzene rings is 2. The maximum absolute atomic E-state index is 8.75. The predicted molar refractivity (Wildman–Crippen MR) is 77.1 cm³/mol. The van der Waals surface area contributed by atoms with Gasteiger partial charge in [0.25, 0.3) is 0 Å². The summed E-state index contributed by atoms with van der Waals surface area (Å²) in [5.41, 5.74) is 2.20. The fraction of sp³-hybridized carbons (Fsp3) is 0.0588. The van der Waals surface area contributed by atoms with Crippen molar-refractivity contribution in [1.82, 2.24) is 0 Å². The van der Waals surface area contributed by atoms with E-state index in [-0.39, 0.29) is 5.57 Å². The molecule has 2 aromatic rings. The molecule has 0 heterocycles. The van der Waals surface area contributed by atoms with Crippen molar-refractivity contribution in [2.24, 2.45) is 0 Å². The molecule has 2 rings (SSSR count). The van der Waals surface area contributed by atoms with Crippen molar-refractivity contribution in [3.63, 3.8) is 0 Å². The van der Waals surface area contributed by atoms with E-state index in [0.29, 0.717) is 0 Å². The van der Waals surface area contributed by atoms with Gasteiger partial charge >= 0.3 is 0 Å². The quantitative estimate of drug-likeness (QED) is 0.605. The molecule has 0 N–H and O–H groups in total.